The SMILES string of the molecule is COc1ccc(Cl)cc1-n1c(C)cc(/C=N/NC(=O)c2cc3cc(Cl)ccc3o2)c1C. The number of methoxy groups -OCH3 is 1. The number of carbonyl (C=O) groups is 1. The van der Waals surface area contributed by atoms with Crippen molar-refractivity contribution in [3.8, 4) is 11.4 Å². The molecule has 2 aromatic heterocycles. The van der Waals surface area contributed by atoms with Crippen LogP contribution in [0.5, 0.6) is 5.75 Å². The number of ether oxygens (including phenoxy) is 1. The maximum Gasteiger partial charge on any atom is 0.307 e. The van der Waals surface area contributed by atoms with Crippen molar-refractivity contribution in [1.29, 1.82) is 0 Å². The third-order valence-electron chi connectivity index (χ3n) is 4.92. The second-order valence-electron chi connectivity index (χ2n) is 6.97. The van der Waals surface area contributed by atoms with Crippen LogP contribution in [0.1, 0.15) is 27.5 Å². The first-order valence-electron chi connectivity index (χ1n) is 9.42. The molecule has 31 heavy (non-hydrogen) atoms. The van der Waals surface area contributed by atoms with Crippen molar-refractivity contribution in [3.05, 3.63) is 81.3 Å². The first-order valence-corrected chi connectivity index (χ1v) is 10.2. The molecular formula is C23H19Cl2N3O3. The van der Waals surface area contributed by atoms with Gasteiger partial charge in [-0.15, -0.1) is 0 Å². The number of hydrogen-bond acceptors (Lipinski definition) is 4. The van der Waals surface area contributed by atoms with Crippen molar-refractivity contribution in [2.45, 2.75) is 13.8 Å². The van der Waals surface area contributed by atoms with Crippen molar-refractivity contribution < 1.29 is 13.9 Å². The second kappa shape index (κ2) is 8.49. The molecule has 0 spiro atoms. The van der Waals surface area contributed by atoms with Gasteiger partial charge in [0.05, 0.1) is 19.0 Å². The van der Waals surface area contributed by atoms with Crippen molar-refractivity contribution in [2.75, 3.05) is 7.11 Å². The Balaban J connectivity index is 1.56. The molecule has 0 fully saturated rings. The molecule has 1 N–H and O–H groups in total. The number of nitrogens with one attached hydrogen (secondary N) is 1. The molecule has 0 aliphatic carbocycles. The number of nitrogens with zero attached hydrogens (tertiary/aromatic N) is 2. The van der Waals surface area contributed by atoms with Crippen LogP contribution in [0.2, 0.25) is 10.0 Å². The number of aromatic nitrogens is 1. The van der Waals surface area contributed by atoms with E-state index in [-0.39, 0.29) is 5.76 Å². The van der Waals surface area contributed by atoms with Crippen LogP contribution in [0.15, 0.2) is 58.0 Å². The molecule has 4 aromatic rings. The number of hydrazone groups is 1. The first-order chi connectivity index (χ1) is 14.9. The van der Waals surface area contributed by atoms with E-state index in [1.54, 1.807) is 43.7 Å². The topological polar surface area (TPSA) is 68.8 Å². The van der Waals surface area contributed by atoms with E-state index in [1.165, 1.54) is 0 Å². The Morgan fingerprint density at radius 3 is 2.61 bits per heavy atom. The summed E-state index contributed by atoms with van der Waals surface area (Å²) in [6.07, 6.45) is 1.59. The van der Waals surface area contributed by atoms with Gasteiger partial charge in [-0.25, -0.2) is 5.43 Å². The molecule has 0 atom stereocenters. The summed E-state index contributed by atoms with van der Waals surface area (Å²) in [5.41, 5.74) is 6.65. The van der Waals surface area contributed by atoms with Crippen LogP contribution in [0.3, 0.4) is 0 Å². The Labute approximate surface area is 189 Å². The molecule has 0 saturated heterocycles. The van der Waals surface area contributed by atoms with Gasteiger partial charge in [-0.05, 0) is 62.4 Å². The van der Waals surface area contributed by atoms with Crippen LogP contribution in [0.4, 0.5) is 0 Å². The molecule has 0 saturated carbocycles. The normalized spacial score (nSPS) is 11.4. The molecule has 8 heteroatoms. The number of aryl methyl sites for hydroxylation is 1. The monoisotopic (exact) mass is 455 g/mol. The van der Waals surface area contributed by atoms with Crippen LogP contribution in [0, 0.1) is 13.8 Å². The zero-order valence-electron chi connectivity index (χ0n) is 17.1. The average molecular weight is 456 g/mol. The zero-order chi connectivity index (χ0) is 22.1. The van der Waals surface area contributed by atoms with E-state index < -0.39 is 5.91 Å². The Morgan fingerprint density at radius 2 is 1.84 bits per heavy atom. The number of amides is 1. The number of benzene rings is 2. The predicted octanol–water partition coefficient (Wildman–Crippen LogP) is 5.92. The van der Waals surface area contributed by atoms with Gasteiger partial charge < -0.3 is 13.7 Å². The van der Waals surface area contributed by atoms with Gasteiger partial charge >= 0.3 is 5.91 Å². The van der Waals surface area contributed by atoms with Gasteiger partial charge in [0, 0.05) is 32.4 Å². The second-order valence-corrected chi connectivity index (χ2v) is 7.84. The van der Waals surface area contributed by atoms with Crippen LogP contribution >= 0.6 is 23.2 Å². The molecule has 0 aliphatic heterocycles. The standard InChI is InChI=1S/C23H19Cl2N3O3/c1-13-8-16(14(2)28(13)19-11-18(25)5-7-21(19)30-3)12-26-27-23(29)22-10-15-9-17(24)4-6-20(15)31-22/h4-12H,1-3H3,(H,27,29)/b26-12+. The van der Waals surface area contributed by atoms with E-state index in [0.29, 0.717) is 21.4 Å². The quantitative estimate of drug-likeness (QED) is 0.300. The highest BCUT2D eigenvalue weighted by molar-refractivity contribution is 6.31. The third-order valence-corrected chi connectivity index (χ3v) is 5.39. The molecule has 0 aliphatic rings. The molecular weight excluding hydrogens is 437 g/mol. The minimum atomic E-state index is -0.450. The van der Waals surface area contributed by atoms with Gasteiger partial charge in [0.2, 0.25) is 0 Å². The predicted molar refractivity (Wildman–Crippen MR) is 123 cm³/mol. The van der Waals surface area contributed by atoms with Gasteiger partial charge in [0.1, 0.15) is 11.3 Å². The number of halogens is 2. The number of rotatable bonds is 5. The highest BCUT2D eigenvalue weighted by Gasteiger charge is 2.15. The minimum absolute atomic E-state index is 0.156. The fraction of sp³-hybridized carbons (Fsp3) is 0.130. The minimum Gasteiger partial charge on any atom is -0.495 e. The zero-order valence-corrected chi connectivity index (χ0v) is 18.6. The van der Waals surface area contributed by atoms with Crippen LogP contribution in [-0.4, -0.2) is 23.8 Å². The Morgan fingerprint density at radius 1 is 1.10 bits per heavy atom. The fourth-order valence-electron chi connectivity index (χ4n) is 3.47. The van der Waals surface area contributed by atoms with E-state index in [0.717, 1.165) is 28.0 Å². The van der Waals surface area contributed by atoms with Crippen molar-refractivity contribution in [2.24, 2.45) is 5.10 Å². The average Bonchev–Trinajstić information content (AvgIpc) is 3.28. The number of hydrogen-bond donors (Lipinski definition) is 1. The molecule has 158 valence electrons. The lowest BCUT2D eigenvalue weighted by molar-refractivity contribution is 0.0929. The Bertz CT molecular complexity index is 1320. The van der Waals surface area contributed by atoms with E-state index >= 15 is 0 Å². The van der Waals surface area contributed by atoms with Crippen LogP contribution in [0.25, 0.3) is 16.7 Å². The molecule has 2 aromatic carbocycles. The Hall–Kier alpha value is -3.22. The number of furan rings is 1. The highest BCUT2D eigenvalue weighted by Crippen LogP contribution is 2.30. The van der Waals surface area contributed by atoms with Gasteiger partial charge in [-0.1, -0.05) is 23.2 Å². The number of fused-ring (bicyclic) bond motifs is 1. The summed E-state index contributed by atoms with van der Waals surface area (Å²) in [6, 6.07) is 14.2. The van der Waals surface area contributed by atoms with Gasteiger partial charge in [0.25, 0.3) is 0 Å². The van der Waals surface area contributed by atoms with Gasteiger partial charge in [-0.3, -0.25) is 4.79 Å². The fourth-order valence-corrected chi connectivity index (χ4v) is 3.82. The van der Waals surface area contributed by atoms with Crippen LogP contribution < -0.4 is 10.2 Å². The maximum absolute atomic E-state index is 12.4. The molecule has 1 amide bonds. The largest absolute Gasteiger partial charge is 0.495 e. The van der Waals surface area contributed by atoms with Crippen molar-refractivity contribution >= 4 is 46.3 Å². The summed E-state index contributed by atoms with van der Waals surface area (Å²) in [6.45, 7) is 3.93. The maximum atomic E-state index is 12.4. The van der Waals surface area contributed by atoms with E-state index in [9.17, 15) is 4.79 Å². The molecule has 0 radical (unpaired) electrons. The van der Waals surface area contributed by atoms with E-state index in [4.69, 9.17) is 32.4 Å². The van der Waals surface area contributed by atoms with Crippen molar-refractivity contribution in [3.63, 3.8) is 0 Å². The highest BCUT2D eigenvalue weighted by atomic mass is 35.5. The molecule has 0 bridgehead atoms. The Kier molecular flexibility index (Phi) is 5.76. The summed E-state index contributed by atoms with van der Waals surface area (Å²) >= 11 is 12.2. The summed E-state index contributed by atoms with van der Waals surface area (Å²) in [5, 5.41) is 6.03. The lowest BCUT2D eigenvalue weighted by atomic mass is 10.2. The van der Waals surface area contributed by atoms with Gasteiger partial charge in [-0.2, -0.15) is 5.10 Å². The van der Waals surface area contributed by atoms with Crippen LogP contribution in [-0.2, 0) is 0 Å². The summed E-state index contributed by atoms with van der Waals surface area (Å²) < 4.78 is 13.1. The smallest absolute Gasteiger partial charge is 0.307 e. The molecule has 2 heterocycles. The molecule has 4 rings (SSSR count). The van der Waals surface area contributed by atoms with E-state index in [1.807, 2.05) is 36.6 Å². The third kappa shape index (κ3) is 4.17. The van der Waals surface area contributed by atoms with Crippen molar-refractivity contribution in [1.82, 2.24) is 9.99 Å². The summed E-state index contributed by atoms with van der Waals surface area (Å²) in [7, 11) is 1.62. The van der Waals surface area contributed by atoms with E-state index in [2.05, 4.69) is 10.5 Å². The summed E-state index contributed by atoms with van der Waals surface area (Å²) in [4.78, 5) is 12.4. The lowest BCUT2D eigenvalue weighted by Gasteiger charge is -2.14. The molecule has 6 nitrogen and oxygen atoms in total. The van der Waals surface area contributed by atoms with Gasteiger partial charge in [0.15, 0.2) is 5.76 Å². The lowest BCUT2D eigenvalue weighted by Crippen LogP contribution is -2.16. The number of carbonyl (C=O) groups excluding carboxylic acids is 1. The first kappa shape index (κ1) is 21.0. The molecule has 0 unspecified atom stereocenters. The summed E-state index contributed by atoms with van der Waals surface area (Å²) in [5.74, 6) is 0.408.